The molecule has 1 N–H and O–H groups in total. The van der Waals surface area contributed by atoms with Gasteiger partial charge in [-0.3, -0.25) is 0 Å². The molecule has 2 aromatic heterocycles. The van der Waals surface area contributed by atoms with Crippen molar-refractivity contribution < 1.29 is 4.39 Å². The van der Waals surface area contributed by atoms with Crippen LogP contribution >= 0.6 is 0 Å². The molecule has 0 atom stereocenters. The van der Waals surface area contributed by atoms with Crippen LogP contribution in [0.4, 0.5) is 21.7 Å². The van der Waals surface area contributed by atoms with E-state index < -0.39 is 0 Å². The fourth-order valence-corrected chi connectivity index (χ4v) is 2.85. The van der Waals surface area contributed by atoms with E-state index >= 15 is 0 Å². The molecule has 0 spiro atoms. The van der Waals surface area contributed by atoms with E-state index in [2.05, 4.69) is 32.2 Å². The molecule has 1 aliphatic heterocycles. The number of piperazine rings is 1. The molecule has 0 radical (unpaired) electrons. The first-order valence-corrected chi connectivity index (χ1v) is 8.00. The SMILES string of the molecule is CN1CCN(c2ccc3ncc(Nc4ccccc4F)n3n2)CC1. The van der Waals surface area contributed by atoms with E-state index in [0.717, 1.165) is 37.6 Å². The van der Waals surface area contributed by atoms with Crippen LogP contribution in [0, 0.1) is 5.82 Å². The van der Waals surface area contributed by atoms with E-state index in [1.165, 1.54) is 6.07 Å². The zero-order valence-corrected chi connectivity index (χ0v) is 13.5. The Morgan fingerprint density at radius 3 is 2.62 bits per heavy atom. The number of imidazole rings is 1. The smallest absolute Gasteiger partial charge is 0.156 e. The van der Waals surface area contributed by atoms with E-state index in [1.807, 2.05) is 12.1 Å². The van der Waals surface area contributed by atoms with Crippen LogP contribution < -0.4 is 10.2 Å². The summed E-state index contributed by atoms with van der Waals surface area (Å²) in [5.74, 6) is 1.25. The van der Waals surface area contributed by atoms with Gasteiger partial charge in [-0.25, -0.2) is 9.37 Å². The first kappa shape index (κ1) is 14.9. The van der Waals surface area contributed by atoms with Gasteiger partial charge >= 0.3 is 0 Å². The average Bonchev–Trinajstić information content (AvgIpc) is 3.00. The highest BCUT2D eigenvalue weighted by Crippen LogP contribution is 2.22. The molecule has 0 unspecified atom stereocenters. The molecule has 124 valence electrons. The summed E-state index contributed by atoms with van der Waals surface area (Å²) in [7, 11) is 2.13. The highest BCUT2D eigenvalue weighted by molar-refractivity contribution is 5.61. The number of aromatic nitrogens is 3. The molecule has 0 bridgehead atoms. The summed E-state index contributed by atoms with van der Waals surface area (Å²) in [4.78, 5) is 8.89. The maximum absolute atomic E-state index is 13.9. The average molecular weight is 326 g/mol. The second kappa shape index (κ2) is 6.09. The summed E-state index contributed by atoms with van der Waals surface area (Å²) in [5, 5.41) is 7.75. The lowest BCUT2D eigenvalue weighted by atomic mass is 10.3. The second-order valence-corrected chi connectivity index (χ2v) is 6.00. The van der Waals surface area contributed by atoms with Gasteiger partial charge in [-0.05, 0) is 31.3 Å². The van der Waals surface area contributed by atoms with Crippen molar-refractivity contribution in [3.8, 4) is 0 Å². The van der Waals surface area contributed by atoms with Crippen molar-refractivity contribution >= 4 is 23.0 Å². The predicted molar refractivity (Wildman–Crippen MR) is 92.4 cm³/mol. The van der Waals surface area contributed by atoms with Crippen LogP contribution in [0.15, 0.2) is 42.6 Å². The number of benzene rings is 1. The normalized spacial score (nSPS) is 15.8. The first-order chi connectivity index (χ1) is 11.7. The molecule has 1 aliphatic rings. The van der Waals surface area contributed by atoms with Gasteiger partial charge in [-0.2, -0.15) is 4.52 Å². The van der Waals surface area contributed by atoms with Gasteiger partial charge in [0.1, 0.15) is 11.6 Å². The van der Waals surface area contributed by atoms with Gasteiger partial charge in [0.2, 0.25) is 0 Å². The topological polar surface area (TPSA) is 48.7 Å². The van der Waals surface area contributed by atoms with Gasteiger partial charge < -0.3 is 15.1 Å². The molecule has 1 saturated heterocycles. The zero-order chi connectivity index (χ0) is 16.5. The lowest BCUT2D eigenvalue weighted by Crippen LogP contribution is -2.44. The number of nitrogens with zero attached hydrogens (tertiary/aromatic N) is 5. The number of anilines is 3. The van der Waals surface area contributed by atoms with E-state index in [0.29, 0.717) is 11.5 Å². The number of hydrogen-bond donors (Lipinski definition) is 1. The van der Waals surface area contributed by atoms with Crippen molar-refractivity contribution in [3.05, 3.63) is 48.4 Å². The van der Waals surface area contributed by atoms with Gasteiger partial charge in [0.05, 0.1) is 11.9 Å². The molecular formula is C17H19FN6. The van der Waals surface area contributed by atoms with E-state index in [-0.39, 0.29) is 5.82 Å². The molecule has 0 saturated carbocycles. The van der Waals surface area contributed by atoms with Crippen molar-refractivity contribution in [3.63, 3.8) is 0 Å². The molecule has 0 aliphatic carbocycles. The van der Waals surface area contributed by atoms with Gasteiger partial charge in [0, 0.05) is 26.2 Å². The predicted octanol–water partition coefficient (Wildman–Crippen LogP) is 2.36. The number of para-hydroxylation sites is 1. The van der Waals surface area contributed by atoms with Crippen LogP contribution in [0.25, 0.3) is 5.65 Å². The number of halogens is 1. The molecular weight excluding hydrogens is 307 g/mol. The Balaban J connectivity index is 1.65. The maximum atomic E-state index is 13.9. The number of likely N-dealkylation sites (N-methyl/N-ethyl adjacent to an activating group) is 1. The number of rotatable bonds is 3. The van der Waals surface area contributed by atoms with Crippen molar-refractivity contribution in [2.75, 3.05) is 43.4 Å². The number of fused-ring (bicyclic) bond motifs is 1. The monoisotopic (exact) mass is 326 g/mol. The Morgan fingerprint density at radius 2 is 1.83 bits per heavy atom. The van der Waals surface area contributed by atoms with Gasteiger partial charge in [-0.15, -0.1) is 5.10 Å². The molecule has 6 nitrogen and oxygen atoms in total. The number of hydrogen-bond acceptors (Lipinski definition) is 5. The zero-order valence-electron chi connectivity index (χ0n) is 13.5. The Labute approximate surface area is 139 Å². The Kier molecular flexibility index (Phi) is 3.78. The molecule has 24 heavy (non-hydrogen) atoms. The molecule has 1 fully saturated rings. The lowest BCUT2D eigenvalue weighted by Gasteiger charge is -2.33. The summed E-state index contributed by atoms with van der Waals surface area (Å²) in [6.45, 7) is 3.92. The minimum atomic E-state index is -0.303. The number of nitrogens with one attached hydrogen (secondary N) is 1. The Bertz CT molecular complexity index is 853. The van der Waals surface area contributed by atoms with Crippen molar-refractivity contribution in [1.82, 2.24) is 19.5 Å². The fraction of sp³-hybridized carbons (Fsp3) is 0.294. The highest BCUT2D eigenvalue weighted by atomic mass is 19.1. The van der Waals surface area contributed by atoms with Gasteiger partial charge in [0.15, 0.2) is 11.5 Å². The van der Waals surface area contributed by atoms with E-state index in [1.54, 1.807) is 28.9 Å². The molecule has 1 aromatic carbocycles. The largest absolute Gasteiger partial charge is 0.353 e. The van der Waals surface area contributed by atoms with Crippen molar-refractivity contribution in [1.29, 1.82) is 0 Å². The summed E-state index contributed by atoms with van der Waals surface area (Å²) in [6.07, 6.45) is 1.67. The Hall–Kier alpha value is -2.67. The lowest BCUT2D eigenvalue weighted by molar-refractivity contribution is 0.311. The molecule has 0 amide bonds. The van der Waals surface area contributed by atoms with Crippen molar-refractivity contribution in [2.45, 2.75) is 0 Å². The van der Waals surface area contributed by atoms with Gasteiger partial charge in [0.25, 0.3) is 0 Å². The van der Waals surface area contributed by atoms with Crippen LogP contribution in [-0.4, -0.2) is 52.7 Å². The second-order valence-electron chi connectivity index (χ2n) is 6.00. The molecule has 7 heteroatoms. The maximum Gasteiger partial charge on any atom is 0.156 e. The summed E-state index contributed by atoms with van der Waals surface area (Å²) >= 11 is 0. The van der Waals surface area contributed by atoms with E-state index in [9.17, 15) is 4.39 Å². The van der Waals surface area contributed by atoms with Crippen LogP contribution in [0.3, 0.4) is 0 Å². The van der Waals surface area contributed by atoms with Crippen LogP contribution in [0.5, 0.6) is 0 Å². The quantitative estimate of drug-likeness (QED) is 0.801. The first-order valence-electron chi connectivity index (χ1n) is 8.00. The highest BCUT2D eigenvalue weighted by Gasteiger charge is 2.16. The Morgan fingerprint density at radius 1 is 1.04 bits per heavy atom. The third-order valence-corrected chi connectivity index (χ3v) is 4.31. The van der Waals surface area contributed by atoms with Crippen LogP contribution in [-0.2, 0) is 0 Å². The summed E-state index contributed by atoms with van der Waals surface area (Å²) in [6, 6.07) is 10.5. The van der Waals surface area contributed by atoms with Crippen LogP contribution in [0.2, 0.25) is 0 Å². The van der Waals surface area contributed by atoms with E-state index in [4.69, 9.17) is 0 Å². The molecule has 3 aromatic rings. The minimum absolute atomic E-state index is 0.303. The van der Waals surface area contributed by atoms with Crippen molar-refractivity contribution in [2.24, 2.45) is 0 Å². The van der Waals surface area contributed by atoms with Gasteiger partial charge in [-0.1, -0.05) is 12.1 Å². The third-order valence-electron chi connectivity index (χ3n) is 4.31. The summed E-state index contributed by atoms with van der Waals surface area (Å²) in [5.41, 5.74) is 1.14. The molecule has 3 heterocycles. The summed E-state index contributed by atoms with van der Waals surface area (Å²) < 4.78 is 15.6. The minimum Gasteiger partial charge on any atom is -0.353 e. The fourth-order valence-electron chi connectivity index (χ4n) is 2.85. The third kappa shape index (κ3) is 2.78. The molecule has 4 rings (SSSR count). The standard InChI is InChI=1S/C17H19FN6/c1-22-8-10-23(11-9-22)16-7-6-15-19-12-17(24(15)21-16)20-14-5-3-2-4-13(14)18/h2-7,12,20H,8-11H2,1H3. The van der Waals surface area contributed by atoms with Crippen LogP contribution in [0.1, 0.15) is 0 Å².